The van der Waals surface area contributed by atoms with Crippen LogP contribution in [-0.4, -0.2) is 17.6 Å². The van der Waals surface area contributed by atoms with Crippen LogP contribution in [0.5, 0.6) is 0 Å². The molecule has 0 aromatic carbocycles. The highest BCUT2D eigenvalue weighted by atomic mass is 19.4. The molecule has 6 nitrogen and oxygen atoms in total. The summed E-state index contributed by atoms with van der Waals surface area (Å²) in [4.78, 5) is 4.14. The highest BCUT2D eigenvalue weighted by molar-refractivity contribution is 5.20. The predicted octanol–water partition coefficient (Wildman–Crippen LogP) is 1.60. The minimum atomic E-state index is -4.53. The Bertz CT molecular complexity index is 786. The van der Waals surface area contributed by atoms with Crippen LogP contribution in [0.2, 0.25) is 0 Å². The van der Waals surface area contributed by atoms with Crippen molar-refractivity contribution in [3.8, 4) is 0 Å². The average molecular weight is 365 g/mol. The smallest absolute Gasteiger partial charge is 0.422 e. The maximum atomic E-state index is 12.8. The molecule has 2 aromatic rings. The molecule has 2 fully saturated rings. The summed E-state index contributed by atoms with van der Waals surface area (Å²) >= 11 is 0. The van der Waals surface area contributed by atoms with Gasteiger partial charge >= 0.3 is 6.18 Å². The number of nitrogens with zero attached hydrogens (tertiary/aromatic N) is 2. The van der Waals surface area contributed by atoms with Crippen LogP contribution in [0, 0.1) is 11.1 Å². The number of hydrogen-bond donors (Lipinski definition) is 3. The van der Waals surface area contributed by atoms with Crippen LogP contribution in [0.4, 0.5) is 13.2 Å². The Hall–Kier alpha value is -2.23. The Morgan fingerprint density at radius 3 is 2.73 bits per heavy atom. The van der Waals surface area contributed by atoms with Gasteiger partial charge in [-0.25, -0.2) is 5.43 Å². The molecule has 4 unspecified atom stereocenters. The van der Waals surface area contributed by atoms with Crippen LogP contribution in [-0.2, 0) is 6.18 Å². The number of rotatable bonds is 2. The van der Waals surface area contributed by atoms with Gasteiger partial charge in [-0.15, -0.1) is 0 Å². The van der Waals surface area contributed by atoms with Gasteiger partial charge < -0.3 is 10.5 Å². The fourth-order valence-corrected chi connectivity index (χ4v) is 3.80. The second kappa shape index (κ2) is 6.49. The predicted molar refractivity (Wildman–Crippen MR) is 86.3 cm³/mol. The molecule has 0 saturated carbocycles. The summed E-state index contributed by atoms with van der Waals surface area (Å²) in [5.41, 5.74) is 6.62. The van der Waals surface area contributed by atoms with Crippen molar-refractivity contribution >= 4 is 0 Å². The number of halogens is 3. The number of hydrogen-bond acceptors (Lipinski definition) is 5. The standard InChI is InChI=1S/C17H18F3N5O/c18-17(19,20)11-3-4-15(25(26)9-11)16-12-6-13(10-2-1-5-21-7-10)22-8-14(12)23-24-16/h1-5,7,9,12-14,16,22-24H,6,8H2. The largest absolute Gasteiger partial charge is 0.618 e. The molecule has 0 radical (unpaired) electrons. The second-order valence-corrected chi connectivity index (χ2v) is 6.69. The molecule has 2 aliphatic heterocycles. The van der Waals surface area contributed by atoms with Crippen molar-refractivity contribution in [2.45, 2.75) is 30.7 Å². The van der Waals surface area contributed by atoms with E-state index in [1.807, 2.05) is 12.1 Å². The summed E-state index contributed by atoms with van der Waals surface area (Å²) in [7, 11) is 0. The lowest BCUT2D eigenvalue weighted by Gasteiger charge is -2.33. The van der Waals surface area contributed by atoms with Gasteiger partial charge in [0.2, 0.25) is 5.69 Å². The Morgan fingerprint density at radius 2 is 2.04 bits per heavy atom. The maximum Gasteiger partial charge on any atom is 0.422 e. The number of nitrogens with one attached hydrogen (secondary N) is 3. The molecule has 3 N–H and O–H groups in total. The van der Waals surface area contributed by atoms with Crippen LogP contribution in [0.25, 0.3) is 0 Å². The van der Waals surface area contributed by atoms with E-state index in [1.54, 1.807) is 12.4 Å². The Morgan fingerprint density at radius 1 is 1.19 bits per heavy atom. The molecule has 0 spiro atoms. The van der Waals surface area contributed by atoms with E-state index >= 15 is 0 Å². The van der Waals surface area contributed by atoms with Crippen LogP contribution in [0.3, 0.4) is 0 Å². The zero-order chi connectivity index (χ0) is 18.3. The van der Waals surface area contributed by atoms with E-state index in [0.717, 1.165) is 18.1 Å². The van der Waals surface area contributed by atoms with E-state index < -0.39 is 11.7 Å². The quantitative estimate of drug-likeness (QED) is 0.557. The lowest BCUT2D eigenvalue weighted by Crippen LogP contribution is -2.46. The SMILES string of the molecule is [O-][n+]1cc(C(F)(F)F)ccc1C1NNC2CNC(c3cccnc3)CC21. The van der Waals surface area contributed by atoms with E-state index in [2.05, 4.69) is 21.2 Å². The number of hydrazine groups is 1. The van der Waals surface area contributed by atoms with E-state index in [0.29, 0.717) is 17.5 Å². The van der Waals surface area contributed by atoms with Crippen molar-refractivity contribution in [2.75, 3.05) is 6.54 Å². The molecule has 2 aliphatic rings. The van der Waals surface area contributed by atoms with Crippen molar-refractivity contribution in [2.24, 2.45) is 5.92 Å². The van der Waals surface area contributed by atoms with Gasteiger partial charge in [0.1, 0.15) is 11.6 Å². The van der Waals surface area contributed by atoms with Gasteiger partial charge in [0.15, 0.2) is 6.20 Å². The number of alkyl halides is 3. The number of fused-ring (bicyclic) bond motifs is 1. The minimum absolute atomic E-state index is 0.0680. The van der Waals surface area contributed by atoms with E-state index in [1.165, 1.54) is 6.07 Å². The van der Waals surface area contributed by atoms with Crippen LogP contribution in [0.15, 0.2) is 42.9 Å². The van der Waals surface area contributed by atoms with Crippen molar-refractivity contribution < 1.29 is 17.9 Å². The maximum absolute atomic E-state index is 12.8. The first-order valence-corrected chi connectivity index (χ1v) is 8.38. The van der Waals surface area contributed by atoms with Crippen LogP contribution < -0.4 is 20.9 Å². The van der Waals surface area contributed by atoms with Gasteiger partial charge in [0.05, 0.1) is 0 Å². The van der Waals surface area contributed by atoms with Gasteiger partial charge in [-0.3, -0.25) is 10.4 Å². The first kappa shape index (κ1) is 17.2. The fraction of sp³-hybridized carbons (Fsp3) is 0.412. The third kappa shape index (κ3) is 3.13. The van der Waals surface area contributed by atoms with E-state index in [-0.39, 0.29) is 29.7 Å². The molecule has 9 heteroatoms. The molecule has 2 saturated heterocycles. The van der Waals surface area contributed by atoms with Crippen LogP contribution >= 0.6 is 0 Å². The van der Waals surface area contributed by atoms with Crippen molar-refractivity contribution in [3.05, 3.63) is 64.9 Å². The highest BCUT2D eigenvalue weighted by Gasteiger charge is 2.44. The molecule has 4 heterocycles. The number of aromatic nitrogens is 2. The molecule has 0 bridgehead atoms. The van der Waals surface area contributed by atoms with E-state index in [9.17, 15) is 18.4 Å². The first-order chi connectivity index (χ1) is 12.4. The monoisotopic (exact) mass is 365 g/mol. The van der Waals surface area contributed by atoms with Crippen molar-refractivity contribution in [1.82, 2.24) is 21.2 Å². The molecule has 138 valence electrons. The van der Waals surface area contributed by atoms with Crippen molar-refractivity contribution in [3.63, 3.8) is 0 Å². The normalized spacial score (nSPS) is 28.7. The zero-order valence-electron chi connectivity index (χ0n) is 13.7. The molecular weight excluding hydrogens is 347 g/mol. The molecule has 0 aliphatic carbocycles. The first-order valence-electron chi connectivity index (χ1n) is 8.38. The molecule has 26 heavy (non-hydrogen) atoms. The summed E-state index contributed by atoms with van der Waals surface area (Å²) in [5.74, 6) is 0.0680. The molecule has 4 atom stereocenters. The lowest BCUT2D eigenvalue weighted by atomic mass is 9.81. The van der Waals surface area contributed by atoms with Gasteiger partial charge in [-0.2, -0.15) is 17.9 Å². The van der Waals surface area contributed by atoms with Gasteiger partial charge in [0, 0.05) is 43.0 Å². The number of piperidine rings is 1. The minimum Gasteiger partial charge on any atom is -0.618 e. The van der Waals surface area contributed by atoms with Crippen LogP contribution in [0.1, 0.15) is 35.3 Å². The molecular formula is C17H18F3N5O. The Labute approximate surface area is 148 Å². The van der Waals surface area contributed by atoms with Crippen molar-refractivity contribution in [1.29, 1.82) is 0 Å². The fourth-order valence-electron chi connectivity index (χ4n) is 3.80. The van der Waals surface area contributed by atoms with E-state index in [4.69, 9.17) is 0 Å². The number of pyridine rings is 2. The summed E-state index contributed by atoms with van der Waals surface area (Å²) in [5, 5.41) is 15.7. The van der Waals surface area contributed by atoms with Gasteiger partial charge in [-0.1, -0.05) is 6.07 Å². The van der Waals surface area contributed by atoms with Gasteiger partial charge in [-0.05, 0) is 24.1 Å². The lowest BCUT2D eigenvalue weighted by molar-refractivity contribution is -0.617. The van der Waals surface area contributed by atoms with Gasteiger partial charge in [0.25, 0.3) is 0 Å². The molecule has 2 aromatic heterocycles. The summed E-state index contributed by atoms with van der Waals surface area (Å²) in [6, 6.07) is 5.89. The average Bonchev–Trinajstić information content (AvgIpc) is 3.04. The summed E-state index contributed by atoms with van der Waals surface area (Å²) in [6.45, 7) is 0.688. The third-order valence-corrected chi connectivity index (χ3v) is 5.14. The molecule has 0 amide bonds. The highest BCUT2D eigenvalue weighted by Crippen LogP contribution is 2.38. The summed E-state index contributed by atoms with van der Waals surface area (Å²) < 4.78 is 38.7. The zero-order valence-corrected chi connectivity index (χ0v) is 13.7. The summed E-state index contributed by atoms with van der Waals surface area (Å²) in [6.07, 6.45) is 0.314. The molecule has 4 rings (SSSR count). The Balaban J connectivity index is 1.58. The second-order valence-electron chi connectivity index (χ2n) is 6.69. The topological polar surface area (TPSA) is 75.9 Å². The Kier molecular flexibility index (Phi) is 4.29. The third-order valence-electron chi connectivity index (χ3n) is 5.14.